The minimum atomic E-state index is -3.56. The highest BCUT2D eigenvalue weighted by atomic mass is 32.2. The normalized spacial score (nSPS) is 14.2. The number of nitrogens with zero attached hydrogens (tertiary/aromatic N) is 1. The van der Waals surface area contributed by atoms with E-state index in [0.717, 1.165) is 17.2 Å². The Morgan fingerprint density at radius 3 is 2.86 bits per heavy atom. The van der Waals surface area contributed by atoms with Crippen molar-refractivity contribution in [1.29, 1.82) is 0 Å². The number of aryl methyl sites for hydroxylation is 1. The molecule has 1 aliphatic heterocycles. The Labute approximate surface area is 130 Å². The van der Waals surface area contributed by atoms with Crippen molar-refractivity contribution in [3.05, 3.63) is 47.2 Å². The highest BCUT2D eigenvalue weighted by Gasteiger charge is 2.25. The average molecular weight is 317 g/mol. The van der Waals surface area contributed by atoms with Gasteiger partial charge in [-0.3, -0.25) is 0 Å². The van der Waals surface area contributed by atoms with Gasteiger partial charge in [0.2, 0.25) is 0 Å². The van der Waals surface area contributed by atoms with E-state index in [1.807, 2.05) is 25.0 Å². The van der Waals surface area contributed by atoms with Crippen LogP contribution in [0, 0.1) is 6.92 Å². The maximum Gasteiger partial charge on any atom is 0.324 e. The fourth-order valence-electron chi connectivity index (χ4n) is 2.71. The van der Waals surface area contributed by atoms with E-state index in [2.05, 4.69) is 4.98 Å². The van der Waals surface area contributed by atoms with Crippen LogP contribution < -0.4 is 5.46 Å². The first-order valence-corrected chi connectivity index (χ1v) is 8.64. The predicted octanol–water partition coefficient (Wildman–Crippen LogP) is 1.43. The standard InChI is InChI=1S/C15H16BNO4S/c1-10-5-13(18)7-17-15(10)22(19,20)9-11-3-4-12-8-21-16(2)14(12)6-11/h3-7,18H,8-9H2,1-2H3. The molecule has 2 heterocycles. The van der Waals surface area contributed by atoms with Crippen LogP contribution in [0.4, 0.5) is 0 Å². The predicted molar refractivity (Wildman–Crippen MR) is 84.0 cm³/mol. The SMILES string of the molecule is CB1OCc2ccc(CS(=O)(=O)c3ncc(O)cc3C)cc21. The summed E-state index contributed by atoms with van der Waals surface area (Å²) in [6, 6.07) is 7.02. The molecule has 0 unspecified atom stereocenters. The molecule has 0 radical (unpaired) electrons. The Balaban J connectivity index is 1.93. The molecule has 3 rings (SSSR count). The van der Waals surface area contributed by atoms with Gasteiger partial charge in [-0.15, -0.1) is 0 Å². The minimum absolute atomic E-state index is 0.00816. The van der Waals surface area contributed by atoms with E-state index in [4.69, 9.17) is 4.65 Å². The van der Waals surface area contributed by atoms with Gasteiger partial charge in [0, 0.05) is 0 Å². The van der Waals surface area contributed by atoms with Gasteiger partial charge in [0.1, 0.15) is 5.75 Å². The molecule has 0 amide bonds. The van der Waals surface area contributed by atoms with E-state index >= 15 is 0 Å². The lowest BCUT2D eigenvalue weighted by atomic mass is 9.64. The van der Waals surface area contributed by atoms with Gasteiger partial charge in [-0.1, -0.05) is 25.0 Å². The second-order valence-electron chi connectivity index (χ2n) is 5.56. The third-order valence-corrected chi connectivity index (χ3v) is 5.53. The van der Waals surface area contributed by atoms with E-state index in [9.17, 15) is 13.5 Å². The monoisotopic (exact) mass is 317 g/mol. The van der Waals surface area contributed by atoms with Crippen molar-refractivity contribution in [3.8, 4) is 5.75 Å². The molecule has 7 heteroatoms. The molecule has 0 saturated heterocycles. The molecule has 22 heavy (non-hydrogen) atoms. The molecule has 1 aromatic carbocycles. The molecule has 0 fully saturated rings. The first-order chi connectivity index (χ1) is 10.4. The van der Waals surface area contributed by atoms with Crippen LogP contribution in [-0.2, 0) is 26.9 Å². The largest absolute Gasteiger partial charge is 0.506 e. The van der Waals surface area contributed by atoms with Gasteiger partial charge < -0.3 is 9.76 Å². The van der Waals surface area contributed by atoms with Crippen LogP contribution in [0.1, 0.15) is 16.7 Å². The Morgan fingerprint density at radius 2 is 2.14 bits per heavy atom. The highest BCUT2D eigenvalue weighted by molar-refractivity contribution is 7.90. The molecule has 5 nitrogen and oxygen atoms in total. The smallest absolute Gasteiger partial charge is 0.324 e. The second-order valence-corrected chi connectivity index (χ2v) is 7.47. The maximum absolute atomic E-state index is 12.5. The number of hydrogen-bond donors (Lipinski definition) is 1. The summed E-state index contributed by atoms with van der Waals surface area (Å²) in [6.07, 6.45) is 1.15. The van der Waals surface area contributed by atoms with E-state index < -0.39 is 9.84 Å². The molecular weight excluding hydrogens is 301 g/mol. The highest BCUT2D eigenvalue weighted by Crippen LogP contribution is 2.22. The lowest BCUT2D eigenvalue weighted by Gasteiger charge is -2.09. The van der Waals surface area contributed by atoms with Gasteiger partial charge in [-0.25, -0.2) is 13.4 Å². The molecule has 2 aromatic rings. The zero-order valence-electron chi connectivity index (χ0n) is 12.4. The lowest BCUT2D eigenvalue weighted by molar-refractivity contribution is 0.333. The van der Waals surface area contributed by atoms with E-state index in [-0.39, 0.29) is 23.4 Å². The van der Waals surface area contributed by atoms with Gasteiger partial charge in [-0.2, -0.15) is 0 Å². The Bertz CT molecular complexity index is 835. The number of pyridine rings is 1. The van der Waals surface area contributed by atoms with Crippen LogP contribution in [0.3, 0.4) is 0 Å². The van der Waals surface area contributed by atoms with E-state index in [1.54, 1.807) is 6.92 Å². The number of aromatic nitrogens is 1. The summed E-state index contributed by atoms with van der Waals surface area (Å²) in [4.78, 5) is 3.87. The van der Waals surface area contributed by atoms with Crippen molar-refractivity contribution in [2.24, 2.45) is 0 Å². The quantitative estimate of drug-likeness (QED) is 0.867. The topological polar surface area (TPSA) is 76.5 Å². The molecular formula is C15H16BNO4S. The molecule has 0 aliphatic carbocycles. The minimum Gasteiger partial charge on any atom is -0.506 e. The summed E-state index contributed by atoms with van der Waals surface area (Å²) >= 11 is 0. The first kappa shape index (κ1) is 15.1. The lowest BCUT2D eigenvalue weighted by Crippen LogP contribution is -2.25. The van der Waals surface area contributed by atoms with E-state index in [0.29, 0.717) is 17.7 Å². The summed E-state index contributed by atoms with van der Waals surface area (Å²) in [7, 11) is -3.56. The zero-order valence-corrected chi connectivity index (χ0v) is 13.2. The van der Waals surface area contributed by atoms with Gasteiger partial charge >= 0.3 is 6.92 Å². The first-order valence-electron chi connectivity index (χ1n) is 6.98. The fraction of sp³-hybridized carbons (Fsp3) is 0.267. The number of aromatic hydroxyl groups is 1. The summed E-state index contributed by atoms with van der Waals surface area (Å²) in [6.45, 7) is 4.14. The number of benzene rings is 1. The third-order valence-electron chi connectivity index (χ3n) is 3.80. The Hall–Kier alpha value is -1.86. The van der Waals surface area contributed by atoms with Gasteiger partial charge in [0.25, 0.3) is 0 Å². The van der Waals surface area contributed by atoms with Crippen molar-refractivity contribution in [3.63, 3.8) is 0 Å². The third kappa shape index (κ3) is 2.74. The van der Waals surface area contributed by atoms with Gasteiger partial charge in [-0.05, 0) is 35.1 Å². The molecule has 0 spiro atoms. The maximum atomic E-state index is 12.5. The summed E-state index contributed by atoms with van der Waals surface area (Å²) in [5.41, 5.74) is 3.30. The number of sulfone groups is 1. The fourth-order valence-corrected chi connectivity index (χ4v) is 4.23. The van der Waals surface area contributed by atoms with Crippen LogP contribution in [-0.4, -0.2) is 25.4 Å². The van der Waals surface area contributed by atoms with Crippen molar-refractivity contribution < 1.29 is 18.2 Å². The van der Waals surface area contributed by atoms with Crippen molar-refractivity contribution >= 4 is 22.2 Å². The molecule has 0 bridgehead atoms. The number of rotatable bonds is 3. The molecule has 0 saturated carbocycles. The van der Waals surface area contributed by atoms with Crippen molar-refractivity contribution in [2.45, 2.75) is 31.1 Å². The second kappa shape index (κ2) is 5.41. The molecule has 0 atom stereocenters. The van der Waals surface area contributed by atoms with Crippen LogP contribution >= 0.6 is 0 Å². The molecule has 1 N–H and O–H groups in total. The molecule has 1 aliphatic rings. The zero-order chi connectivity index (χ0) is 15.9. The summed E-state index contributed by atoms with van der Waals surface area (Å²) in [5.74, 6) is -0.161. The Kier molecular flexibility index (Phi) is 3.70. The Morgan fingerprint density at radius 1 is 1.36 bits per heavy atom. The van der Waals surface area contributed by atoms with Crippen LogP contribution in [0.15, 0.2) is 35.5 Å². The van der Waals surface area contributed by atoms with Crippen LogP contribution in [0.2, 0.25) is 6.82 Å². The van der Waals surface area contributed by atoms with Crippen LogP contribution in [0.25, 0.3) is 0 Å². The average Bonchev–Trinajstić information content (AvgIpc) is 2.79. The van der Waals surface area contributed by atoms with Crippen molar-refractivity contribution in [2.75, 3.05) is 0 Å². The number of fused-ring (bicyclic) bond motifs is 1. The summed E-state index contributed by atoms with van der Waals surface area (Å²) < 4.78 is 30.6. The van der Waals surface area contributed by atoms with Crippen LogP contribution in [0.5, 0.6) is 5.75 Å². The number of hydrogen-bond acceptors (Lipinski definition) is 5. The van der Waals surface area contributed by atoms with Gasteiger partial charge in [0.05, 0.1) is 18.6 Å². The van der Waals surface area contributed by atoms with E-state index in [1.165, 1.54) is 6.07 Å². The van der Waals surface area contributed by atoms with Crippen molar-refractivity contribution in [1.82, 2.24) is 4.98 Å². The summed E-state index contributed by atoms with van der Waals surface area (Å²) in [5, 5.41) is 9.37. The molecule has 114 valence electrons. The van der Waals surface area contributed by atoms with Gasteiger partial charge in [0.15, 0.2) is 14.9 Å². The molecule has 1 aromatic heterocycles.